The maximum atomic E-state index is 11.9. The van der Waals surface area contributed by atoms with Gasteiger partial charge in [-0.15, -0.1) is 0 Å². The standard InChI is InChI=1S/C13H17NO/c1-3-12(15)13(9-10-13)14(2)11-7-5-4-6-8-11/h4-8H,3,9-10H2,1-2H3. The number of hydrogen-bond donors (Lipinski definition) is 0. The number of nitrogens with zero attached hydrogens (tertiary/aromatic N) is 1. The van der Waals surface area contributed by atoms with E-state index in [4.69, 9.17) is 0 Å². The average molecular weight is 203 g/mol. The molecule has 2 rings (SSSR count). The Balaban J connectivity index is 2.22. The molecular weight excluding hydrogens is 186 g/mol. The molecule has 2 nitrogen and oxygen atoms in total. The quantitative estimate of drug-likeness (QED) is 0.749. The number of para-hydroxylation sites is 1. The normalized spacial score (nSPS) is 17.2. The van der Waals surface area contributed by atoms with Gasteiger partial charge in [-0.2, -0.15) is 0 Å². The molecule has 1 aromatic carbocycles. The lowest BCUT2D eigenvalue weighted by Gasteiger charge is -2.28. The Morgan fingerprint density at radius 3 is 2.40 bits per heavy atom. The smallest absolute Gasteiger partial charge is 0.158 e. The van der Waals surface area contributed by atoms with Crippen molar-refractivity contribution in [2.45, 2.75) is 31.7 Å². The first-order chi connectivity index (χ1) is 7.20. The molecule has 0 aliphatic heterocycles. The topological polar surface area (TPSA) is 20.3 Å². The van der Waals surface area contributed by atoms with Crippen molar-refractivity contribution in [3.63, 3.8) is 0 Å². The molecule has 0 amide bonds. The Kier molecular flexibility index (Phi) is 2.51. The summed E-state index contributed by atoms with van der Waals surface area (Å²) in [5.74, 6) is 0.369. The molecule has 0 radical (unpaired) electrons. The van der Waals surface area contributed by atoms with Gasteiger partial charge in [0.2, 0.25) is 0 Å². The van der Waals surface area contributed by atoms with Gasteiger partial charge in [0.1, 0.15) is 0 Å². The number of benzene rings is 1. The summed E-state index contributed by atoms with van der Waals surface area (Å²) in [7, 11) is 2.02. The summed E-state index contributed by atoms with van der Waals surface area (Å²) in [6, 6.07) is 10.1. The minimum Gasteiger partial charge on any atom is -0.362 e. The summed E-state index contributed by atoms with van der Waals surface area (Å²) < 4.78 is 0. The predicted octanol–water partition coefficient (Wildman–Crippen LogP) is 2.63. The lowest BCUT2D eigenvalue weighted by molar-refractivity contribution is -0.120. The van der Waals surface area contributed by atoms with Gasteiger partial charge in [0.15, 0.2) is 5.78 Å². The van der Waals surface area contributed by atoms with Crippen LogP contribution < -0.4 is 4.90 Å². The zero-order valence-electron chi connectivity index (χ0n) is 9.36. The van der Waals surface area contributed by atoms with Crippen molar-refractivity contribution in [2.24, 2.45) is 0 Å². The van der Waals surface area contributed by atoms with Crippen LogP contribution in [0.25, 0.3) is 0 Å². The van der Waals surface area contributed by atoms with Crippen molar-refractivity contribution in [1.82, 2.24) is 0 Å². The SMILES string of the molecule is CCC(=O)C1(N(C)c2ccccc2)CC1. The van der Waals surface area contributed by atoms with Crippen LogP contribution in [0.15, 0.2) is 30.3 Å². The monoisotopic (exact) mass is 203 g/mol. The van der Waals surface area contributed by atoms with Crippen LogP contribution in [0.2, 0.25) is 0 Å². The fourth-order valence-corrected chi connectivity index (χ4v) is 2.15. The van der Waals surface area contributed by atoms with E-state index in [1.54, 1.807) is 0 Å². The Morgan fingerprint density at radius 1 is 1.33 bits per heavy atom. The van der Waals surface area contributed by atoms with Crippen molar-refractivity contribution in [3.05, 3.63) is 30.3 Å². The Hall–Kier alpha value is -1.31. The lowest BCUT2D eigenvalue weighted by atomic mass is 10.1. The van der Waals surface area contributed by atoms with Crippen molar-refractivity contribution in [3.8, 4) is 0 Å². The Bertz CT molecular complexity index is 354. The van der Waals surface area contributed by atoms with Gasteiger partial charge in [-0.1, -0.05) is 25.1 Å². The van der Waals surface area contributed by atoms with E-state index in [1.807, 2.05) is 32.2 Å². The molecule has 80 valence electrons. The molecule has 0 unspecified atom stereocenters. The number of carbonyl (C=O) groups excluding carboxylic acids is 1. The second-order valence-corrected chi connectivity index (χ2v) is 4.20. The van der Waals surface area contributed by atoms with Crippen LogP contribution in [-0.2, 0) is 4.79 Å². The molecule has 1 aliphatic carbocycles. The summed E-state index contributed by atoms with van der Waals surface area (Å²) in [5.41, 5.74) is 0.952. The van der Waals surface area contributed by atoms with Gasteiger partial charge in [-0.3, -0.25) is 4.79 Å². The van der Waals surface area contributed by atoms with Crippen LogP contribution in [0.4, 0.5) is 5.69 Å². The van der Waals surface area contributed by atoms with E-state index in [0.29, 0.717) is 12.2 Å². The highest BCUT2D eigenvalue weighted by Gasteiger charge is 2.51. The molecule has 0 aromatic heterocycles. The number of rotatable bonds is 4. The summed E-state index contributed by atoms with van der Waals surface area (Å²) >= 11 is 0. The molecule has 1 aliphatic rings. The molecule has 0 N–H and O–H groups in total. The number of carbonyl (C=O) groups is 1. The predicted molar refractivity (Wildman–Crippen MR) is 62.1 cm³/mol. The van der Waals surface area contributed by atoms with Crippen LogP contribution in [0.5, 0.6) is 0 Å². The fraction of sp³-hybridized carbons (Fsp3) is 0.462. The largest absolute Gasteiger partial charge is 0.362 e. The van der Waals surface area contributed by atoms with Gasteiger partial charge in [0.05, 0.1) is 5.54 Å². The van der Waals surface area contributed by atoms with Crippen LogP contribution in [-0.4, -0.2) is 18.4 Å². The molecule has 1 saturated carbocycles. The van der Waals surface area contributed by atoms with E-state index >= 15 is 0 Å². The van der Waals surface area contributed by atoms with Crippen molar-refractivity contribution >= 4 is 11.5 Å². The maximum Gasteiger partial charge on any atom is 0.158 e. The first-order valence-electron chi connectivity index (χ1n) is 5.53. The third kappa shape index (κ3) is 1.65. The molecule has 1 fully saturated rings. The van der Waals surface area contributed by atoms with Crippen LogP contribution in [0.3, 0.4) is 0 Å². The number of hydrogen-bond acceptors (Lipinski definition) is 2. The Labute approximate surface area is 90.9 Å². The number of ketones is 1. The second-order valence-electron chi connectivity index (χ2n) is 4.20. The first kappa shape index (κ1) is 10.2. The minimum atomic E-state index is -0.184. The molecule has 0 heterocycles. The number of likely N-dealkylation sites (N-methyl/N-ethyl adjacent to an activating group) is 1. The van der Waals surface area contributed by atoms with E-state index < -0.39 is 0 Å². The Morgan fingerprint density at radius 2 is 1.93 bits per heavy atom. The van der Waals surface area contributed by atoms with Crippen molar-refractivity contribution in [1.29, 1.82) is 0 Å². The summed E-state index contributed by atoms with van der Waals surface area (Å²) in [5, 5.41) is 0. The van der Waals surface area contributed by atoms with Crippen molar-refractivity contribution < 1.29 is 4.79 Å². The third-order valence-corrected chi connectivity index (χ3v) is 3.35. The molecule has 0 atom stereocenters. The lowest BCUT2D eigenvalue weighted by Crippen LogP contribution is -2.40. The van der Waals surface area contributed by atoms with Gasteiger partial charge < -0.3 is 4.90 Å². The van der Waals surface area contributed by atoms with Crippen molar-refractivity contribution in [2.75, 3.05) is 11.9 Å². The number of Topliss-reactive ketones (excluding diaryl/α,β-unsaturated/α-hetero) is 1. The van der Waals surface area contributed by atoms with E-state index in [2.05, 4.69) is 17.0 Å². The molecule has 0 spiro atoms. The van der Waals surface area contributed by atoms with Gasteiger partial charge in [-0.05, 0) is 25.0 Å². The summed E-state index contributed by atoms with van der Waals surface area (Å²) in [6.07, 6.45) is 2.65. The zero-order chi connectivity index (χ0) is 10.9. The molecule has 2 heteroatoms. The van der Waals surface area contributed by atoms with E-state index in [9.17, 15) is 4.79 Å². The average Bonchev–Trinajstić information content (AvgIpc) is 3.09. The van der Waals surface area contributed by atoms with Gasteiger partial charge in [0, 0.05) is 19.2 Å². The molecular formula is C13H17NO. The molecule has 0 bridgehead atoms. The second kappa shape index (κ2) is 3.69. The molecule has 15 heavy (non-hydrogen) atoms. The molecule has 1 aromatic rings. The van der Waals surface area contributed by atoms with E-state index in [-0.39, 0.29) is 5.54 Å². The zero-order valence-corrected chi connectivity index (χ0v) is 9.36. The van der Waals surface area contributed by atoms with E-state index in [1.165, 1.54) is 0 Å². The highest BCUT2D eigenvalue weighted by atomic mass is 16.1. The third-order valence-electron chi connectivity index (χ3n) is 3.35. The summed E-state index contributed by atoms with van der Waals surface area (Å²) in [4.78, 5) is 14.0. The highest BCUT2D eigenvalue weighted by molar-refractivity contribution is 5.94. The van der Waals surface area contributed by atoms with Gasteiger partial charge in [0.25, 0.3) is 0 Å². The van der Waals surface area contributed by atoms with Gasteiger partial charge >= 0.3 is 0 Å². The molecule has 0 saturated heterocycles. The van der Waals surface area contributed by atoms with E-state index in [0.717, 1.165) is 18.5 Å². The fourth-order valence-electron chi connectivity index (χ4n) is 2.15. The minimum absolute atomic E-state index is 0.184. The highest BCUT2D eigenvalue weighted by Crippen LogP contribution is 2.44. The van der Waals surface area contributed by atoms with Crippen LogP contribution in [0.1, 0.15) is 26.2 Å². The maximum absolute atomic E-state index is 11.9. The van der Waals surface area contributed by atoms with Crippen LogP contribution >= 0.6 is 0 Å². The van der Waals surface area contributed by atoms with Crippen LogP contribution in [0, 0.1) is 0 Å². The van der Waals surface area contributed by atoms with Gasteiger partial charge in [-0.25, -0.2) is 0 Å². The first-order valence-corrected chi connectivity index (χ1v) is 5.53. The summed E-state index contributed by atoms with van der Waals surface area (Å²) in [6.45, 7) is 1.95. The number of anilines is 1.